The number of nitrogens with zero attached hydrogens (tertiary/aromatic N) is 1. The monoisotopic (exact) mass is 244 g/mol. The van der Waals surface area contributed by atoms with Gasteiger partial charge in [-0.15, -0.1) is 0 Å². The number of rotatable bonds is 1. The predicted molar refractivity (Wildman–Crippen MR) is 73.8 cm³/mol. The van der Waals surface area contributed by atoms with Crippen LogP contribution in [0.25, 0.3) is 10.9 Å². The van der Waals surface area contributed by atoms with E-state index in [2.05, 4.69) is 48.1 Å². The van der Waals surface area contributed by atoms with Crippen molar-refractivity contribution < 1.29 is 4.74 Å². The van der Waals surface area contributed by atoms with Gasteiger partial charge in [-0.3, -0.25) is 0 Å². The van der Waals surface area contributed by atoms with E-state index in [-0.39, 0.29) is 6.10 Å². The van der Waals surface area contributed by atoms with E-state index in [9.17, 15) is 0 Å². The van der Waals surface area contributed by atoms with Crippen molar-refractivity contribution in [2.75, 3.05) is 19.7 Å². The van der Waals surface area contributed by atoms with Crippen LogP contribution in [0, 0.1) is 6.92 Å². The van der Waals surface area contributed by atoms with Gasteiger partial charge in [0.25, 0.3) is 0 Å². The molecule has 1 N–H and O–H groups in total. The highest BCUT2D eigenvalue weighted by Gasteiger charge is 2.18. The number of ether oxygens (including phenoxy) is 1. The van der Waals surface area contributed by atoms with Crippen molar-refractivity contribution in [2.24, 2.45) is 7.05 Å². The summed E-state index contributed by atoms with van der Waals surface area (Å²) in [5.41, 5.74) is 3.89. The zero-order valence-corrected chi connectivity index (χ0v) is 11.1. The van der Waals surface area contributed by atoms with Crippen LogP contribution in [0.1, 0.15) is 23.8 Å². The Labute approximate surface area is 108 Å². The summed E-state index contributed by atoms with van der Waals surface area (Å²) in [4.78, 5) is 0. The predicted octanol–water partition coefficient (Wildman–Crippen LogP) is 2.54. The molecule has 1 saturated heterocycles. The molecule has 0 bridgehead atoms. The highest BCUT2D eigenvalue weighted by atomic mass is 16.5. The summed E-state index contributed by atoms with van der Waals surface area (Å²) in [5, 5.41) is 4.69. The molecule has 1 fully saturated rings. The molecule has 2 heterocycles. The lowest BCUT2D eigenvalue weighted by molar-refractivity contribution is 0.0597. The van der Waals surface area contributed by atoms with Crippen molar-refractivity contribution >= 4 is 10.9 Å². The molecule has 1 aromatic carbocycles. The van der Waals surface area contributed by atoms with E-state index in [0.717, 1.165) is 26.1 Å². The van der Waals surface area contributed by atoms with Crippen LogP contribution in [-0.4, -0.2) is 24.3 Å². The Hall–Kier alpha value is -1.32. The number of hydrogen-bond acceptors (Lipinski definition) is 2. The topological polar surface area (TPSA) is 26.2 Å². The SMILES string of the molecule is Cc1ccc2c(c1)cc(C1CCNCCO1)n2C. The Morgan fingerprint density at radius 2 is 2.17 bits per heavy atom. The molecule has 2 aromatic rings. The first kappa shape index (κ1) is 11.8. The van der Waals surface area contributed by atoms with Crippen molar-refractivity contribution in [3.8, 4) is 0 Å². The van der Waals surface area contributed by atoms with E-state index in [1.165, 1.54) is 22.2 Å². The minimum Gasteiger partial charge on any atom is -0.371 e. The zero-order chi connectivity index (χ0) is 12.5. The molecule has 1 aliphatic rings. The van der Waals surface area contributed by atoms with Crippen LogP contribution in [0.2, 0.25) is 0 Å². The average Bonchev–Trinajstić information content (AvgIpc) is 2.57. The standard InChI is InChI=1S/C15H20N2O/c1-11-3-4-13-12(9-11)10-14(17(13)2)15-5-6-16-7-8-18-15/h3-4,9-10,15-16H,5-8H2,1-2H3. The van der Waals surface area contributed by atoms with E-state index in [1.807, 2.05) is 0 Å². The van der Waals surface area contributed by atoms with Crippen LogP contribution in [0.5, 0.6) is 0 Å². The number of hydrogen-bond donors (Lipinski definition) is 1. The quantitative estimate of drug-likeness (QED) is 0.834. The van der Waals surface area contributed by atoms with Crippen LogP contribution >= 0.6 is 0 Å². The smallest absolute Gasteiger partial charge is 0.0987 e. The molecule has 96 valence electrons. The van der Waals surface area contributed by atoms with Crippen LogP contribution in [0.4, 0.5) is 0 Å². The van der Waals surface area contributed by atoms with Gasteiger partial charge < -0.3 is 14.6 Å². The molecule has 1 aliphatic heterocycles. The first-order valence-electron chi connectivity index (χ1n) is 6.64. The summed E-state index contributed by atoms with van der Waals surface area (Å²) in [6.07, 6.45) is 1.26. The number of aromatic nitrogens is 1. The molecule has 3 heteroatoms. The molecular weight excluding hydrogens is 224 g/mol. The van der Waals surface area contributed by atoms with Gasteiger partial charge in [0.05, 0.1) is 12.7 Å². The van der Waals surface area contributed by atoms with Crippen LogP contribution in [0.3, 0.4) is 0 Å². The van der Waals surface area contributed by atoms with Crippen molar-refractivity contribution in [3.63, 3.8) is 0 Å². The van der Waals surface area contributed by atoms with Gasteiger partial charge in [-0.1, -0.05) is 11.6 Å². The van der Waals surface area contributed by atoms with Crippen molar-refractivity contribution in [1.82, 2.24) is 9.88 Å². The highest BCUT2D eigenvalue weighted by molar-refractivity contribution is 5.82. The molecule has 0 aliphatic carbocycles. The van der Waals surface area contributed by atoms with E-state index in [1.54, 1.807) is 0 Å². The van der Waals surface area contributed by atoms with E-state index >= 15 is 0 Å². The van der Waals surface area contributed by atoms with E-state index in [0.29, 0.717) is 0 Å². The maximum atomic E-state index is 5.95. The molecule has 0 saturated carbocycles. The second-order valence-corrected chi connectivity index (χ2v) is 5.09. The zero-order valence-electron chi connectivity index (χ0n) is 11.1. The molecule has 0 radical (unpaired) electrons. The van der Waals surface area contributed by atoms with Crippen LogP contribution in [0.15, 0.2) is 24.3 Å². The summed E-state index contributed by atoms with van der Waals surface area (Å²) in [6, 6.07) is 8.89. The first-order chi connectivity index (χ1) is 8.75. The Balaban J connectivity index is 2.02. The van der Waals surface area contributed by atoms with Crippen molar-refractivity contribution in [2.45, 2.75) is 19.4 Å². The molecule has 0 spiro atoms. The molecule has 0 amide bonds. The fourth-order valence-electron chi connectivity index (χ4n) is 2.75. The molecular formula is C15H20N2O. The highest BCUT2D eigenvalue weighted by Crippen LogP contribution is 2.28. The van der Waals surface area contributed by atoms with Crippen molar-refractivity contribution in [1.29, 1.82) is 0 Å². The van der Waals surface area contributed by atoms with Crippen LogP contribution < -0.4 is 5.32 Å². The number of aryl methyl sites for hydroxylation is 2. The fraction of sp³-hybridized carbons (Fsp3) is 0.467. The molecule has 18 heavy (non-hydrogen) atoms. The molecule has 1 atom stereocenters. The summed E-state index contributed by atoms with van der Waals surface area (Å²) in [5.74, 6) is 0. The first-order valence-corrected chi connectivity index (χ1v) is 6.64. The van der Waals surface area contributed by atoms with Gasteiger partial charge in [-0.2, -0.15) is 0 Å². The third-order valence-electron chi connectivity index (χ3n) is 3.75. The lowest BCUT2D eigenvalue weighted by atomic mass is 10.1. The second kappa shape index (κ2) is 4.75. The summed E-state index contributed by atoms with van der Waals surface area (Å²) < 4.78 is 8.21. The molecule has 1 aromatic heterocycles. The third kappa shape index (κ3) is 2.04. The molecule has 3 nitrogen and oxygen atoms in total. The largest absolute Gasteiger partial charge is 0.371 e. The van der Waals surface area contributed by atoms with Crippen molar-refractivity contribution in [3.05, 3.63) is 35.5 Å². The second-order valence-electron chi connectivity index (χ2n) is 5.09. The average molecular weight is 244 g/mol. The van der Waals surface area contributed by atoms with Crippen LogP contribution in [-0.2, 0) is 11.8 Å². The third-order valence-corrected chi connectivity index (χ3v) is 3.75. The Bertz CT molecular complexity index is 551. The maximum absolute atomic E-state index is 5.95. The minimum absolute atomic E-state index is 0.220. The molecule has 3 rings (SSSR count). The lowest BCUT2D eigenvalue weighted by Crippen LogP contribution is -2.16. The van der Waals surface area contributed by atoms with E-state index in [4.69, 9.17) is 4.74 Å². The minimum atomic E-state index is 0.220. The number of fused-ring (bicyclic) bond motifs is 1. The van der Waals surface area contributed by atoms with Gasteiger partial charge in [0, 0.05) is 30.2 Å². The fourth-order valence-corrected chi connectivity index (χ4v) is 2.75. The Kier molecular flexibility index (Phi) is 3.10. The van der Waals surface area contributed by atoms with Gasteiger partial charge >= 0.3 is 0 Å². The van der Waals surface area contributed by atoms with Gasteiger partial charge in [0.2, 0.25) is 0 Å². The molecule has 1 unspecified atom stereocenters. The maximum Gasteiger partial charge on any atom is 0.0987 e. The van der Waals surface area contributed by atoms with Gasteiger partial charge in [0.1, 0.15) is 0 Å². The summed E-state index contributed by atoms with van der Waals surface area (Å²) >= 11 is 0. The number of benzene rings is 1. The van der Waals surface area contributed by atoms with Gasteiger partial charge in [-0.25, -0.2) is 0 Å². The summed E-state index contributed by atoms with van der Waals surface area (Å²) in [7, 11) is 2.13. The number of nitrogens with one attached hydrogen (secondary N) is 1. The van der Waals surface area contributed by atoms with Gasteiger partial charge in [0.15, 0.2) is 0 Å². The lowest BCUT2D eigenvalue weighted by Gasteiger charge is -2.15. The Morgan fingerprint density at radius 3 is 3.06 bits per heavy atom. The van der Waals surface area contributed by atoms with Gasteiger partial charge in [-0.05, 0) is 38.1 Å². The normalized spacial score (nSPS) is 21.1. The Morgan fingerprint density at radius 1 is 1.28 bits per heavy atom. The summed E-state index contributed by atoms with van der Waals surface area (Å²) in [6.45, 7) is 4.92. The van der Waals surface area contributed by atoms with E-state index < -0.39 is 0 Å².